The first-order valence-electron chi connectivity index (χ1n) is 6.03. The van der Waals surface area contributed by atoms with Crippen LogP contribution in [0.15, 0.2) is 23.6 Å². The van der Waals surface area contributed by atoms with Crippen molar-refractivity contribution in [3.05, 3.63) is 34.8 Å². The van der Waals surface area contributed by atoms with Crippen LogP contribution in [0.25, 0.3) is 10.6 Å². The van der Waals surface area contributed by atoms with Crippen LogP contribution < -0.4 is 4.74 Å². The van der Waals surface area contributed by atoms with Gasteiger partial charge in [0.05, 0.1) is 12.7 Å². The molecular weight excluding hydrogens is 242 g/mol. The maximum absolute atomic E-state index is 5.44. The van der Waals surface area contributed by atoms with E-state index in [2.05, 4.69) is 43.3 Å². The second-order valence-electron chi connectivity index (χ2n) is 5.46. The minimum atomic E-state index is 0.132. The van der Waals surface area contributed by atoms with E-state index in [0.29, 0.717) is 0 Å². The van der Waals surface area contributed by atoms with Gasteiger partial charge in [0.1, 0.15) is 10.8 Å². The van der Waals surface area contributed by atoms with Crippen LogP contribution >= 0.6 is 11.3 Å². The molecule has 0 aliphatic carbocycles. The van der Waals surface area contributed by atoms with Crippen LogP contribution in [0.2, 0.25) is 0 Å². The summed E-state index contributed by atoms with van der Waals surface area (Å²) in [6.07, 6.45) is 0. The molecule has 1 aromatic heterocycles. The highest BCUT2D eigenvalue weighted by molar-refractivity contribution is 7.13. The Labute approximate surface area is 113 Å². The van der Waals surface area contributed by atoms with E-state index in [1.165, 1.54) is 5.56 Å². The number of benzene rings is 1. The molecule has 0 atom stereocenters. The number of hydrogen-bond donors (Lipinski definition) is 0. The molecule has 0 N–H and O–H groups in total. The van der Waals surface area contributed by atoms with E-state index in [9.17, 15) is 0 Å². The summed E-state index contributed by atoms with van der Waals surface area (Å²) in [5.41, 5.74) is 3.57. The van der Waals surface area contributed by atoms with Gasteiger partial charge in [0.15, 0.2) is 0 Å². The van der Waals surface area contributed by atoms with Gasteiger partial charge in [-0.2, -0.15) is 0 Å². The topological polar surface area (TPSA) is 22.1 Å². The monoisotopic (exact) mass is 261 g/mol. The molecule has 18 heavy (non-hydrogen) atoms. The van der Waals surface area contributed by atoms with Crippen molar-refractivity contribution >= 4 is 11.3 Å². The number of ether oxygens (including phenoxy) is 1. The second-order valence-corrected chi connectivity index (χ2v) is 6.32. The summed E-state index contributed by atoms with van der Waals surface area (Å²) in [5.74, 6) is 0.886. The van der Waals surface area contributed by atoms with E-state index in [4.69, 9.17) is 4.74 Å². The van der Waals surface area contributed by atoms with Gasteiger partial charge in [-0.25, -0.2) is 4.98 Å². The maximum Gasteiger partial charge on any atom is 0.129 e. The van der Waals surface area contributed by atoms with Gasteiger partial charge < -0.3 is 4.74 Å². The highest BCUT2D eigenvalue weighted by Gasteiger charge is 2.17. The van der Waals surface area contributed by atoms with Gasteiger partial charge in [0.2, 0.25) is 0 Å². The van der Waals surface area contributed by atoms with E-state index in [1.807, 2.05) is 13.0 Å². The Morgan fingerprint density at radius 1 is 1.22 bits per heavy atom. The van der Waals surface area contributed by atoms with Gasteiger partial charge in [-0.05, 0) is 30.0 Å². The van der Waals surface area contributed by atoms with Crippen molar-refractivity contribution in [1.82, 2.24) is 4.98 Å². The maximum atomic E-state index is 5.44. The van der Waals surface area contributed by atoms with Crippen molar-refractivity contribution in [2.45, 2.75) is 33.1 Å². The summed E-state index contributed by atoms with van der Waals surface area (Å²) >= 11 is 1.66. The molecule has 0 spiro atoms. The highest BCUT2D eigenvalue weighted by Crippen LogP contribution is 2.36. The highest BCUT2D eigenvalue weighted by atomic mass is 32.1. The number of nitrogens with zero attached hydrogens (tertiary/aromatic N) is 1. The molecule has 1 heterocycles. The third-order valence-corrected chi connectivity index (χ3v) is 3.91. The molecule has 2 aromatic rings. The van der Waals surface area contributed by atoms with E-state index < -0.39 is 0 Å². The summed E-state index contributed by atoms with van der Waals surface area (Å²) in [6.45, 7) is 8.66. The lowest BCUT2D eigenvalue weighted by Crippen LogP contribution is -2.11. The van der Waals surface area contributed by atoms with E-state index in [-0.39, 0.29) is 5.41 Å². The van der Waals surface area contributed by atoms with Crippen LogP contribution in [0, 0.1) is 6.92 Å². The first kappa shape index (κ1) is 13.1. The van der Waals surface area contributed by atoms with Crippen LogP contribution in [-0.4, -0.2) is 12.1 Å². The summed E-state index contributed by atoms with van der Waals surface area (Å²) in [6, 6.07) is 6.35. The van der Waals surface area contributed by atoms with Gasteiger partial charge >= 0.3 is 0 Å². The Kier molecular flexibility index (Phi) is 3.44. The largest absolute Gasteiger partial charge is 0.496 e. The van der Waals surface area contributed by atoms with Crippen molar-refractivity contribution in [1.29, 1.82) is 0 Å². The first-order chi connectivity index (χ1) is 8.41. The molecule has 0 bridgehead atoms. The normalized spacial score (nSPS) is 11.6. The third kappa shape index (κ3) is 2.56. The fraction of sp³-hybridized carbons (Fsp3) is 0.400. The van der Waals surface area contributed by atoms with Gasteiger partial charge in [-0.3, -0.25) is 0 Å². The second kappa shape index (κ2) is 4.73. The van der Waals surface area contributed by atoms with Gasteiger partial charge in [0.25, 0.3) is 0 Å². The molecule has 0 aliphatic heterocycles. The number of thiazole rings is 1. The lowest BCUT2D eigenvalue weighted by atomic mass is 9.86. The molecule has 2 rings (SSSR count). The number of aryl methyl sites for hydroxylation is 1. The number of rotatable bonds is 2. The quantitative estimate of drug-likeness (QED) is 0.798. The molecule has 96 valence electrons. The minimum Gasteiger partial charge on any atom is -0.496 e. The molecule has 2 nitrogen and oxygen atoms in total. The average molecular weight is 261 g/mol. The molecule has 0 radical (unpaired) electrons. The van der Waals surface area contributed by atoms with Crippen molar-refractivity contribution in [2.75, 3.05) is 7.11 Å². The summed E-state index contributed by atoms with van der Waals surface area (Å²) in [7, 11) is 1.70. The number of aromatic nitrogens is 1. The SMILES string of the molecule is COc1ccc(C(C)(C)C)cc1-c1nc(C)cs1. The lowest BCUT2D eigenvalue weighted by molar-refractivity contribution is 0.416. The fourth-order valence-corrected chi connectivity index (χ4v) is 2.64. The minimum absolute atomic E-state index is 0.132. The molecule has 1 aromatic carbocycles. The zero-order valence-corrected chi connectivity index (χ0v) is 12.4. The Bertz CT molecular complexity index is 552. The number of hydrogen-bond acceptors (Lipinski definition) is 3. The van der Waals surface area contributed by atoms with Crippen LogP contribution in [0.1, 0.15) is 32.0 Å². The van der Waals surface area contributed by atoms with Crippen LogP contribution in [-0.2, 0) is 5.41 Å². The molecule has 0 fully saturated rings. The van der Waals surface area contributed by atoms with Gasteiger partial charge in [-0.15, -0.1) is 11.3 Å². The molecule has 0 aliphatic rings. The zero-order valence-electron chi connectivity index (χ0n) is 11.6. The Hall–Kier alpha value is -1.35. The van der Waals surface area contributed by atoms with E-state index in [0.717, 1.165) is 22.0 Å². The molecule has 0 saturated heterocycles. The summed E-state index contributed by atoms with van der Waals surface area (Å²) in [4.78, 5) is 4.55. The Balaban J connectivity index is 2.56. The first-order valence-corrected chi connectivity index (χ1v) is 6.91. The Morgan fingerprint density at radius 2 is 1.94 bits per heavy atom. The van der Waals surface area contributed by atoms with E-state index in [1.54, 1.807) is 18.4 Å². The predicted molar refractivity (Wildman–Crippen MR) is 77.5 cm³/mol. The van der Waals surface area contributed by atoms with Crippen LogP contribution in [0.3, 0.4) is 0 Å². The van der Waals surface area contributed by atoms with Gasteiger partial charge in [-0.1, -0.05) is 26.8 Å². The predicted octanol–water partition coefficient (Wildman–Crippen LogP) is 4.42. The molecule has 3 heteroatoms. The lowest BCUT2D eigenvalue weighted by Gasteiger charge is -2.20. The standard InChI is InChI=1S/C15H19NOS/c1-10-9-18-14(16-10)12-8-11(15(2,3)4)6-7-13(12)17-5/h6-9H,1-5H3. The molecule has 0 unspecified atom stereocenters. The fourth-order valence-electron chi connectivity index (χ4n) is 1.82. The third-order valence-electron chi connectivity index (χ3n) is 2.91. The molecule has 0 saturated carbocycles. The number of methoxy groups -OCH3 is 1. The summed E-state index contributed by atoms with van der Waals surface area (Å²) < 4.78 is 5.44. The van der Waals surface area contributed by atoms with E-state index >= 15 is 0 Å². The van der Waals surface area contributed by atoms with Crippen molar-refractivity contribution in [2.24, 2.45) is 0 Å². The average Bonchev–Trinajstić information content (AvgIpc) is 2.73. The summed E-state index contributed by atoms with van der Waals surface area (Å²) in [5, 5.41) is 3.09. The van der Waals surface area contributed by atoms with Crippen molar-refractivity contribution in [3.8, 4) is 16.3 Å². The zero-order chi connectivity index (χ0) is 13.3. The van der Waals surface area contributed by atoms with Gasteiger partial charge in [0, 0.05) is 11.1 Å². The Morgan fingerprint density at radius 3 is 2.44 bits per heavy atom. The van der Waals surface area contributed by atoms with Crippen LogP contribution in [0.5, 0.6) is 5.75 Å². The smallest absolute Gasteiger partial charge is 0.129 e. The molecular formula is C15H19NOS. The van der Waals surface area contributed by atoms with Crippen LogP contribution in [0.4, 0.5) is 0 Å². The molecule has 0 amide bonds. The van der Waals surface area contributed by atoms with Crippen molar-refractivity contribution < 1.29 is 4.74 Å². The van der Waals surface area contributed by atoms with Crippen molar-refractivity contribution in [3.63, 3.8) is 0 Å².